The fourth-order valence-electron chi connectivity index (χ4n) is 3.79. The van der Waals surface area contributed by atoms with Gasteiger partial charge in [-0.2, -0.15) is 0 Å². The van der Waals surface area contributed by atoms with Gasteiger partial charge in [0.15, 0.2) is 0 Å². The maximum absolute atomic E-state index is 11.9. The molecule has 0 saturated heterocycles. The van der Waals surface area contributed by atoms with E-state index >= 15 is 0 Å². The highest BCUT2D eigenvalue weighted by atomic mass is 16.6. The number of carbonyl (C=O) groups excluding carboxylic acids is 1. The van der Waals surface area contributed by atoms with Gasteiger partial charge in [-0.1, -0.05) is 13.8 Å². The van der Waals surface area contributed by atoms with E-state index in [1.807, 2.05) is 27.0 Å². The summed E-state index contributed by atoms with van der Waals surface area (Å²) in [5.41, 5.74) is -0.327. The van der Waals surface area contributed by atoms with Crippen LogP contribution in [0.5, 0.6) is 0 Å². The molecule has 1 aromatic rings. The monoisotopic (exact) mass is 291 g/mol. The van der Waals surface area contributed by atoms with Crippen LogP contribution in [0.15, 0.2) is 12.4 Å². The van der Waals surface area contributed by atoms with E-state index in [4.69, 9.17) is 4.74 Å². The standard InChI is InChI=1S/C16H25N3O2/c1-11(2)12-17-6-7-19(12)16-8-15(9-16,10-16)18-13(20)21-14(3,4)5/h6-7,11H,8-10H2,1-5H3,(H,18,20). The summed E-state index contributed by atoms with van der Waals surface area (Å²) in [5, 5.41) is 3.06. The molecule has 5 nitrogen and oxygen atoms in total. The number of carbonyl (C=O) groups is 1. The third-order valence-electron chi connectivity index (χ3n) is 4.47. The first-order valence-electron chi connectivity index (χ1n) is 7.70. The third kappa shape index (κ3) is 2.32. The van der Waals surface area contributed by atoms with Gasteiger partial charge in [0, 0.05) is 18.3 Å². The average Bonchev–Trinajstić information content (AvgIpc) is 2.66. The molecule has 1 aromatic heterocycles. The summed E-state index contributed by atoms with van der Waals surface area (Å²) in [6.45, 7) is 9.99. The van der Waals surface area contributed by atoms with Crippen molar-refractivity contribution in [3.8, 4) is 0 Å². The normalized spacial score (nSPS) is 30.6. The largest absolute Gasteiger partial charge is 0.444 e. The van der Waals surface area contributed by atoms with Gasteiger partial charge in [-0.3, -0.25) is 0 Å². The first-order chi connectivity index (χ1) is 9.65. The van der Waals surface area contributed by atoms with Gasteiger partial charge in [0.25, 0.3) is 0 Å². The highest BCUT2D eigenvalue weighted by Crippen LogP contribution is 2.65. The Morgan fingerprint density at radius 2 is 2.00 bits per heavy atom. The second kappa shape index (κ2) is 4.24. The van der Waals surface area contributed by atoms with Crippen molar-refractivity contribution in [1.29, 1.82) is 0 Å². The predicted octanol–water partition coefficient (Wildman–Crippen LogP) is 3.16. The maximum Gasteiger partial charge on any atom is 0.408 e. The molecule has 1 N–H and O–H groups in total. The van der Waals surface area contributed by atoms with Crippen LogP contribution in [-0.4, -0.2) is 26.8 Å². The van der Waals surface area contributed by atoms with E-state index in [9.17, 15) is 4.79 Å². The van der Waals surface area contributed by atoms with Gasteiger partial charge in [-0.25, -0.2) is 9.78 Å². The number of amides is 1. The minimum Gasteiger partial charge on any atom is -0.444 e. The fraction of sp³-hybridized carbons (Fsp3) is 0.750. The zero-order valence-corrected chi connectivity index (χ0v) is 13.6. The molecule has 0 aliphatic heterocycles. The van der Waals surface area contributed by atoms with Crippen LogP contribution in [0.3, 0.4) is 0 Å². The molecule has 21 heavy (non-hydrogen) atoms. The van der Waals surface area contributed by atoms with Crippen molar-refractivity contribution in [2.45, 2.75) is 76.5 Å². The molecule has 3 saturated carbocycles. The lowest BCUT2D eigenvalue weighted by molar-refractivity contribution is -0.137. The minimum absolute atomic E-state index is 0.0547. The van der Waals surface area contributed by atoms with Gasteiger partial charge in [0.05, 0.1) is 11.1 Å². The van der Waals surface area contributed by atoms with Gasteiger partial charge < -0.3 is 14.6 Å². The second-order valence-electron chi connectivity index (χ2n) is 7.97. The van der Waals surface area contributed by atoms with Crippen LogP contribution in [0.25, 0.3) is 0 Å². The van der Waals surface area contributed by atoms with E-state index in [-0.39, 0.29) is 17.2 Å². The molecule has 3 aliphatic carbocycles. The van der Waals surface area contributed by atoms with Crippen LogP contribution in [0.1, 0.15) is 65.6 Å². The summed E-state index contributed by atoms with van der Waals surface area (Å²) in [6.07, 6.45) is 6.60. The SMILES string of the molecule is CC(C)c1nccn1C12CC(NC(=O)OC(C)(C)C)(C1)C2. The van der Waals surface area contributed by atoms with Crippen LogP contribution < -0.4 is 5.32 Å². The van der Waals surface area contributed by atoms with E-state index in [1.54, 1.807) is 0 Å². The summed E-state index contributed by atoms with van der Waals surface area (Å²) >= 11 is 0. The van der Waals surface area contributed by atoms with Crippen LogP contribution in [-0.2, 0) is 10.3 Å². The summed E-state index contributed by atoms with van der Waals surface area (Å²) in [7, 11) is 0. The molecular weight excluding hydrogens is 266 g/mol. The number of aromatic nitrogens is 2. The predicted molar refractivity (Wildman–Crippen MR) is 80.2 cm³/mol. The topological polar surface area (TPSA) is 56.2 Å². The van der Waals surface area contributed by atoms with E-state index in [2.05, 4.69) is 34.9 Å². The molecule has 5 heteroatoms. The van der Waals surface area contributed by atoms with Crippen molar-refractivity contribution >= 4 is 6.09 Å². The van der Waals surface area contributed by atoms with Crippen molar-refractivity contribution in [2.75, 3.05) is 0 Å². The van der Waals surface area contributed by atoms with E-state index in [0.717, 1.165) is 25.1 Å². The summed E-state index contributed by atoms with van der Waals surface area (Å²) in [5.74, 6) is 1.56. The Morgan fingerprint density at radius 1 is 1.38 bits per heavy atom. The first-order valence-corrected chi connectivity index (χ1v) is 7.70. The lowest BCUT2D eigenvalue weighted by atomic mass is 9.44. The molecule has 2 bridgehead atoms. The van der Waals surface area contributed by atoms with Gasteiger partial charge in [-0.05, 0) is 40.0 Å². The fourth-order valence-corrected chi connectivity index (χ4v) is 3.79. The number of alkyl carbamates (subject to hydrolysis) is 1. The van der Waals surface area contributed by atoms with E-state index in [1.165, 1.54) is 0 Å². The molecule has 0 spiro atoms. The van der Waals surface area contributed by atoms with Gasteiger partial charge >= 0.3 is 6.09 Å². The number of rotatable bonds is 3. The number of ether oxygens (including phenoxy) is 1. The number of nitrogens with one attached hydrogen (secondary N) is 1. The van der Waals surface area contributed by atoms with Gasteiger partial charge in [0.2, 0.25) is 0 Å². The Hall–Kier alpha value is -1.52. The molecule has 3 fully saturated rings. The molecular formula is C16H25N3O2. The lowest BCUT2D eigenvalue weighted by Crippen LogP contribution is -2.79. The van der Waals surface area contributed by atoms with Crippen LogP contribution in [0.4, 0.5) is 4.79 Å². The van der Waals surface area contributed by atoms with E-state index < -0.39 is 5.60 Å². The molecule has 0 aromatic carbocycles. The summed E-state index contributed by atoms with van der Waals surface area (Å²) in [6, 6.07) is 0. The number of hydrogen-bond acceptors (Lipinski definition) is 3. The minimum atomic E-state index is -0.444. The lowest BCUT2D eigenvalue weighted by Gasteiger charge is -2.70. The molecule has 0 radical (unpaired) electrons. The second-order valence-corrected chi connectivity index (χ2v) is 7.97. The molecule has 4 rings (SSSR count). The Bertz CT molecular complexity index is 549. The summed E-state index contributed by atoms with van der Waals surface area (Å²) < 4.78 is 7.67. The first kappa shape index (κ1) is 14.4. The number of imidazole rings is 1. The van der Waals surface area contributed by atoms with Gasteiger partial charge in [0.1, 0.15) is 11.4 Å². The van der Waals surface area contributed by atoms with Crippen LogP contribution >= 0.6 is 0 Å². The number of nitrogens with zero attached hydrogens (tertiary/aromatic N) is 2. The summed E-state index contributed by atoms with van der Waals surface area (Å²) in [4.78, 5) is 16.4. The van der Waals surface area contributed by atoms with Crippen molar-refractivity contribution in [3.63, 3.8) is 0 Å². The van der Waals surface area contributed by atoms with Crippen LogP contribution in [0.2, 0.25) is 0 Å². The highest BCUT2D eigenvalue weighted by molar-refractivity contribution is 5.70. The maximum atomic E-state index is 11.9. The van der Waals surface area contributed by atoms with Crippen molar-refractivity contribution in [3.05, 3.63) is 18.2 Å². The zero-order chi connectivity index (χ0) is 15.5. The van der Waals surface area contributed by atoms with Gasteiger partial charge in [-0.15, -0.1) is 0 Å². The molecule has 0 unspecified atom stereocenters. The molecule has 1 heterocycles. The van der Waals surface area contributed by atoms with Crippen molar-refractivity contribution in [1.82, 2.24) is 14.9 Å². The Labute approximate surface area is 126 Å². The van der Waals surface area contributed by atoms with E-state index in [0.29, 0.717) is 5.92 Å². The highest BCUT2D eigenvalue weighted by Gasteiger charge is 2.70. The average molecular weight is 291 g/mol. The Morgan fingerprint density at radius 3 is 2.52 bits per heavy atom. The Kier molecular flexibility index (Phi) is 2.91. The zero-order valence-electron chi connectivity index (χ0n) is 13.6. The molecule has 1 amide bonds. The van der Waals surface area contributed by atoms with Crippen molar-refractivity contribution in [2.24, 2.45) is 0 Å². The van der Waals surface area contributed by atoms with Crippen molar-refractivity contribution < 1.29 is 9.53 Å². The Balaban J connectivity index is 1.62. The molecule has 3 aliphatic rings. The third-order valence-corrected chi connectivity index (χ3v) is 4.47. The molecule has 116 valence electrons. The smallest absolute Gasteiger partial charge is 0.408 e. The quantitative estimate of drug-likeness (QED) is 0.930. The molecule has 0 atom stereocenters. The van der Waals surface area contributed by atoms with Crippen LogP contribution in [0, 0.1) is 0 Å². The number of hydrogen-bond donors (Lipinski definition) is 1.